The summed E-state index contributed by atoms with van der Waals surface area (Å²) in [6.45, 7) is -3.09. The molecular weight excluding hydrogens is 267 g/mol. The number of carbonyl (C=O) groups excluding carboxylic acids is 1. The molecule has 1 aromatic carbocycles. The zero-order valence-electron chi connectivity index (χ0n) is 10.2. The molecule has 0 aliphatic heterocycles. The topological polar surface area (TPSA) is 75.3 Å². The minimum absolute atomic E-state index is 0.261. The second kappa shape index (κ2) is 7.64. The summed E-state index contributed by atoms with van der Waals surface area (Å²) in [5.41, 5.74) is 6.51. The highest BCUT2D eigenvalue weighted by Crippen LogP contribution is 2.23. The van der Waals surface area contributed by atoms with Gasteiger partial charge in [0, 0.05) is 6.42 Å². The van der Waals surface area contributed by atoms with Crippen LogP contribution in [0.2, 0.25) is 0 Å². The molecule has 4 N–H and O–H groups in total. The predicted octanol–water partition coefficient (Wildman–Crippen LogP) is 2.08. The summed E-state index contributed by atoms with van der Waals surface area (Å²) in [7, 11) is 0. The summed E-state index contributed by atoms with van der Waals surface area (Å²) < 4.78 is 0. The molecule has 6 heteroatoms. The molecule has 1 rings (SSSR count). The molecule has 1 unspecified atom stereocenters. The first-order valence-corrected chi connectivity index (χ1v) is 8.76. The SMILES string of the molecule is NP(O)(=S)NC(=O)CCCCCc1ccccc1. The molecule has 4 nitrogen and oxygen atoms in total. The normalized spacial score (nSPS) is 13.9. The summed E-state index contributed by atoms with van der Waals surface area (Å²) in [5, 5.41) is 2.25. The summed E-state index contributed by atoms with van der Waals surface area (Å²) in [6.07, 6.45) is 4.20. The van der Waals surface area contributed by atoms with E-state index in [-0.39, 0.29) is 5.91 Å². The number of rotatable bonds is 7. The lowest BCUT2D eigenvalue weighted by Gasteiger charge is -2.10. The van der Waals surface area contributed by atoms with Crippen molar-refractivity contribution in [1.82, 2.24) is 5.09 Å². The van der Waals surface area contributed by atoms with Crippen molar-refractivity contribution in [2.24, 2.45) is 5.50 Å². The summed E-state index contributed by atoms with van der Waals surface area (Å²) in [5.74, 6) is -0.261. The van der Waals surface area contributed by atoms with Crippen LogP contribution in [0.15, 0.2) is 30.3 Å². The van der Waals surface area contributed by atoms with Gasteiger partial charge in [0.1, 0.15) is 0 Å². The highest BCUT2D eigenvalue weighted by atomic mass is 32.4. The van der Waals surface area contributed by atoms with Crippen LogP contribution in [0.1, 0.15) is 31.2 Å². The Bertz CT molecular complexity index is 419. The third-order valence-corrected chi connectivity index (χ3v) is 3.34. The van der Waals surface area contributed by atoms with Crippen molar-refractivity contribution in [3.05, 3.63) is 35.9 Å². The maximum atomic E-state index is 11.3. The van der Waals surface area contributed by atoms with Gasteiger partial charge in [0.25, 0.3) is 0 Å². The Balaban J connectivity index is 2.09. The van der Waals surface area contributed by atoms with Gasteiger partial charge in [-0.2, -0.15) is 0 Å². The highest BCUT2D eigenvalue weighted by molar-refractivity contribution is 8.09. The van der Waals surface area contributed by atoms with Crippen molar-refractivity contribution in [3.63, 3.8) is 0 Å². The number of carbonyl (C=O) groups is 1. The number of aryl methyl sites for hydroxylation is 1. The number of unbranched alkanes of at least 4 members (excludes halogenated alkanes) is 2. The van der Waals surface area contributed by atoms with E-state index in [1.54, 1.807) is 0 Å². The third kappa shape index (κ3) is 7.56. The fourth-order valence-corrected chi connectivity index (χ4v) is 2.45. The number of benzene rings is 1. The van der Waals surface area contributed by atoms with Gasteiger partial charge in [-0.05, 0) is 36.6 Å². The Morgan fingerprint density at radius 2 is 1.94 bits per heavy atom. The molecule has 1 amide bonds. The first-order chi connectivity index (χ1) is 8.47. The summed E-state index contributed by atoms with van der Waals surface area (Å²) in [4.78, 5) is 20.4. The molecule has 0 radical (unpaired) electrons. The van der Waals surface area contributed by atoms with Crippen LogP contribution in [0, 0.1) is 0 Å². The van der Waals surface area contributed by atoms with E-state index in [2.05, 4.69) is 29.0 Å². The van der Waals surface area contributed by atoms with Gasteiger partial charge >= 0.3 is 0 Å². The molecule has 0 aromatic heterocycles. The van der Waals surface area contributed by atoms with Crippen LogP contribution in [0.25, 0.3) is 0 Å². The Labute approximate surface area is 113 Å². The maximum Gasteiger partial charge on any atom is 0.226 e. The number of hydrogen-bond acceptors (Lipinski definition) is 2. The van der Waals surface area contributed by atoms with E-state index < -0.39 is 6.57 Å². The van der Waals surface area contributed by atoms with Crippen LogP contribution in [0.5, 0.6) is 0 Å². The van der Waals surface area contributed by atoms with Gasteiger partial charge in [-0.15, -0.1) is 0 Å². The quantitative estimate of drug-likeness (QED) is 0.530. The number of amides is 1. The van der Waals surface area contributed by atoms with Crippen molar-refractivity contribution in [3.8, 4) is 0 Å². The number of hydrogen-bond donors (Lipinski definition) is 3. The van der Waals surface area contributed by atoms with E-state index in [0.29, 0.717) is 6.42 Å². The van der Waals surface area contributed by atoms with Gasteiger partial charge in [0.2, 0.25) is 12.5 Å². The Morgan fingerprint density at radius 1 is 1.28 bits per heavy atom. The van der Waals surface area contributed by atoms with Crippen LogP contribution < -0.4 is 10.6 Å². The fraction of sp³-hybridized carbons (Fsp3) is 0.417. The van der Waals surface area contributed by atoms with Crippen LogP contribution in [0.3, 0.4) is 0 Å². The minimum Gasteiger partial charge on any atom is -0.339 e. The van der Waals surface area contributed by atoms with Crippen molar-refractivity contribution >= 4 is 24.3 Å². The Hall–Kier alpha value is -0.740. The smallest absolute Gasteiger partial charge is 0.226 e. The first kappa shape index (κ1) is 15.3. The fourth-order valence-electron chi connectivity index (χ4n) is 1.67. The molecule has 0 bridgehead atoms. The molecule has 0 saturated heterocycles. The zero-order valence-corrected chi connectivity index (χ0v) is 11.9. The van der Waals surface area contributed by atoms with E-state index >= 15 is 0 Å². The predicted molar refractivity (Wildman–Crippen MR) is 77.4 cm³/mol. The van der Waals surface area contributed by atoms with Crippen LogP contribution >= 0.6 is 6.57 Å². The van der Waals surface area contributed by atoms with E-state index in [9.17, 15) is 4.79 Å². The first-order valence-electron chi connectivity index (χ1n) is 5.94. The molecule has 0 aliphatic rings. The van der Waals surface area contributed by atoms with E-state index in [4.69, 9.17) is 10.4 Å². The monoisotopic (exact) mass is 286 g/mol. The van der Waals surface area contributed by atoms with Crippen LogP contribution in [-0.4, -0.2) is 10.8 Å². The molecule has 100 valence electrons. The van der Waals surface area contributed by atoms with Gasteiger partial charge in [-0.1, -0.05) is 36.8 Å². The van der Waals surface area contributed by atoms with E-state index in [1.165, 1.54) is 5.56 Å². The molecular formula is C12H19N2O2PS. The lowest BCUT2D eigenvalue weighted by molar-refractivity contribution is -0.119. The summed E-state index contributed by atoms with van der Waals surface area (Å²) >= 11 is 4.54. The Kier molecular flexibility index (Phi) is 6.50. The largest absolute Gasteiger partial charge is 0.339 e. The molecule has 0 spiro atoms. The second-order valence-electron chi connectivity index (χ2n) is 4.20. The van der Waals surface area contributed by atoms with Gasteiger partial charge in [0.05, 0.1) is 0 Å². The standard InChI is InChI=1S/C12H19N2O2PS/c13-17(16,18)14-12(15)10-6-2-5-9-11-7-3-1-4-8-11/h1,3-4,7-8H,2,5-6,9-10H2,(H4,13,14,15,16,18). The number of nitrogens with one attached hydrogen (secondary N) is 1. The van der Waals surface area contributed by atoms with Gasteiger partial charge in [-0.25, -0.2) is 0 Å². The molecule has 0 saturated carbocycles. The molecule has 1 atom stereocenters. The van der Waals surface area contributed by atoms with E-state index in [0.717, 1.165) is 25.7 Å². The van der Waals surface area contributed by atoms with Gasteiger partial charge in [-0.3, -0.25) is 15.4 Å². The van der Waals surface area contributed by atoms with Crippen LogP contribution in [0.4, 0.5) is 0 Å². The Morgan fingerprint density at radius 3 is 2.56 bits per heavy atom. The van der Waals surface area contributed by atoms with Crippen molar-refractivity contribution in [1.29, 1.82) is 0 Å². The molecule has 0 fully saturated rings. The van der Waals surface area contributed by atoms with Crippen molar-refractivity contribution in [2.45, 2.75) is 32.1 Å². The molecule has 0 aliphatic carbocycles. The second-order valence-corrected chi connectivity index (χ2v) is 7.34. The minimum atomic E-state index is -3.09. The average molecular weight is 286 g/mol. The van der Waals surface area contributed by atoms with Crippen LogP contribution in [-0.2, 0) is 23.0 Å². The molecule has 1 aromatic rings. The van der Waals surface area contributed by atoms with Gasteiger partial charge < -0.3 is 4.89 Å². The molecule has 18 heavy (non-hydrogen) atoms. The van der Waals surface area contributed by atoms with E-state index in [1.807, 2.05) is 18.2 Å². The average Bonchev–Trinajstić information content (AvgIpc) is 2.27. The number of nitrogens with two attached hydrogens (primary N) is 1. The third-order valence-electron chi connectivity index (χ3n) is 2.50. The summed E-state index contributed by atoms with van der Waals surface area (Å²) in [6, 6.07) is 10.3. The zero-order chi connectivity index (χ0) is 13.4. The highest BCUT2D eigenvalue weighted by Gasteiger charge is 2.09. The lowest BCUT2D eigenvalue weighted by atomic mass is 10.1. The van der Waals surface area contributed by atoms with Gasteiger partial charge in [0.15, 0.2) is 0 Å². The maximum absolute atomic E-state index is 11.3. The molecule has 0 heterocycles. The van der Waals surface area contributed by atoms with Crippen molar-refractivity contribution < 1.29 is 9.69 Å². The lowest BCUT2D eigenvalue weighted by Crippen LogP contribution is -2.23. The van der Waals surface area contributed by atoms with Crippen molar-refractivity contribution in [2.75, 3.05) is 0 Å².